The SMILES string of the molecule is COCCCNc1cnccc1NC(=O)[C@@H]1CCCN(C(=O)OC(C)(C)C)C1. The van der Waals surface area contributed by atoms with Crippen LogP contribution in [0.25, 0.3) is 0 Å². The number of nitrogens with one attached hydrogen (secondary N) is 2. The Balaban J connectivity index is 1.94. The lowest BCUT2D eigenvalue weighted by molar-refractivity contribution is -0.121. The van der Waals surface area contributed by atoms with E-state index in [1.165, 1.54) is 0 Å². The summed E-state index contributed by atoms with van der Waals surface area (Å²) in [7, 11) is 1.67. The maximum Gasteiger partial charge on any atom is 0.410 e. The molecule has 2 rings (SSSR count). The molecule has 1 saturated heterocycles. The van der Waals surface area contributed by atoms with Crippen molar-refractivity contribution in [3.63, 3.8) is 0 Å². The van der Waals surface area contributed by atoms with Crippen molar-refractivity contribution in [3.8, 4) is 0 Å². The molecule has 8 heteroatoms. The number of hydrogen-bond acceptors (Lipinski definition) is 6. The number of ether oxygens (including phenoxy) is 2. The Kier molecular flexibility index (Phi) is 8.04. The van der Waals surface area contributed by atoms with Gasteiger partial charge in [0.15, 0.2) is 0 Å². The molecule has 1 aromatic rings. The molecule has 1 aliphatic heterocycles. The van der Waals surface area contributed by atoms with Gasteiger partial charge in [0.2, 0.25) is 5.91 Å². The number of hydrogen-bond donors (Lipinski definition) is 2. The molecule has 0 aromatic carbocycles. The van der Waals surface area contributed by atoms with Gasteiger partial charge in [0.1, 0.15) is 5.60 Å². The molecular weight excluding hydrogens is 360 g/mol. The standard InChI is InChI=1S/C20H32N4O4/c1-20(2,3)28-19(26)24-11-5-7-15(14-24)18(25)23-16-8-10-21-13-17(16)22-9-6-12-27-4/h8,10,13,15,22H,5-7,9,11-12,14H2,1-4H3,(H,21,23,25)/t15-/m1/s1. The third kappa shape index (κ3) is 6.99. The molecular formula is C20H32N4O4. The third-order valence-corrected chi connectivity index (χ3v) is 4.36. The highest BCUT2D eigenvalue weighted by atomic mass is 16.6. The quantitative estimate of drug-likeness (QED) is 0.693. The molecule has 1 aliphatic rings. The molecule has 0 aliphatic carbocycles. The van der Waals surface area contributed by atoms with Crippen molar-refractivity contribution in [2.75, 3.05) is 44.0 Å². The normalized spacial score (nSPS) is 17.1. The first kappa shape index (κ1) is 21.9. The Hall–Kier alpha value is -2.35. The van der Waals surface area contributed by atoms with Crippen LogP contribution in [-0.4, -0.2) is 60.8 Å². The number of methoxy groups -OCH3 is 1. The number of nitrogens with zero attached hydrogens (tertiary/aromatic N) is 2. The minimum Gasteiger partial charge on any atom is -0.444 e. The van der Waals surface area contributed by atoms with Crippen LogP contribution in [0.15, 0.2) is 18.5 Å². The van der Waals surface area contributed by atoms with Crippen LogP contribution in [-0.2, 0) is 14.3 Å². The van der Waals surface area contributed by atoms with E-state index < -0.39 is 5.60 Å². The Morgan fingerprint density at radius 1 is 1.32 bits per heavy atom. The van der Waals surface area contributed by atoms with Gasteiger partial charge in [-0.3, -0.25) is 9.78 Å². The second-order valence-electron chi connectivity index (χ2n) is 7.95. The predicted molar refractivity (Wildman–Crippen MR) is 108 cm³/mol. The number of likely N-dealkylation sites (tertiary alicyclic amines) is 1. The molecule has 1 atom stereocenters. The summed E-state index contributed by atoms with van der Waals surface area (Å²) in [4.78, 5) is 30.8. The van der Waals surface area contributed by atoms with Gasteiger partial charge in [-0.1, -0.05) is 0 Å². The average molecular weight is 393 g/mol. The van der Waals surface area contributed by atoms with Crippen molar-refractivity contribution >= 4 is 23.4 Å². The zero-order chi connectivity index (χ0) is 20.6. The maximum absolute atomic E-state index is 12.8. The summed E-state index contributed by atoms with van der Waals surface area (Å²) in [5, 5.41) is 6.24. The summed E-state index contributed by atoms with van der Waals surface area (Å²) >= 11 is 0. The molecule has 1 aromatic heterocycles. The van der Waals surface area contributed by atoms with Gasteiger partial charge in [-0.2, -0.15) is 0 Å². The monoisotopic (exact) mass is 392 g/mol. The molecule has 2 amide bonds. The number of piperidine rings is 1. The van der Waals surface area contributed by atoms with Gasteiger partial charge in [-0.25, -0.2) is 4.79 Å². The van der Waals surface area contributed by atoms with Crippen LogP contribution in [0.5, 0.6) is 0 Å². The molecule has 2 heterocycles. The Morgan fingerprint density at radius 2 is 2.11 bits per heavy atom. The Morgan fingerprint density at radius 3 is 2.82 bits per heavy atom. The molecule has 8 nitrogen and oxygen atoms in total. The van der Waals surface area contributed by atoms with Crippen LogP contribution in [0.1, 0.15) is 40.0 Å². The molecule has 2 N–H and O–H groups in total. The molecule has 28 heavy (non-hydrogen) atoms. The Labute approximate surface area is 167 Å². The van der Waals surface area contributed by atoms with E-state index in [4.69, 9.17) is 9.47 Å². The summed E-state index contributed by atoms with van der Waals surface area (Å²) in [6.45, 7) is 7.87. The zero-order valence-electron chi connectivity index (χ0n) is 17.3. The van der Waals surface area contributed by atoms with Gasteiger partial charge in [0, 0.05) is 39.5 Å². The summed E-state index contributed by atoms with van der Waals surface area (Å²) < 4.78 is 10.5. The molecule has 1 fully saturated rings. The molecule has 0 bridgehead atoms. The number of carbonyl (C=O) groups is 2. The van der Waals surface area contributed by atoms with Gasteiger partial charge in [0.25, 0.3) is 0 Å². The van der Waals surface area contributed by atoms with Crippen molar-refractivity contribution in [2.45, 2.75) is 45.6 Å². The molecule has 156 valence electrons. The van der Waals surface area contributed by atoms with Crippen LogP contribution in [0.3, 0.4) is 0 Å². The van der Waals surface area contributed by atoms with Gasteiger partial charge in [-0.15, -0.1) is 0 Å². The van der Waals surface area contributed by atoms with Crippen LogP contribution < -0.4 is 10.6 Å². The fourth-order valence-electron chi connectivity index (χ4n) is 3.00. The predicted octanol–water partition coefficient (Wildman–Crippen LogP) is 3.12. The van der Waals surface area contributed by atoms with E-state index in [1.54, 1.807) is 30.5 Å². The van der Waals surface area contributed by atoms with Gasteiger partial charge in [0.05, 0.1) is 23.5 Å². The summed E-state index contributed by atoms with van der Waals surface area (Å²) in [5.41, 5.74) is 0.908. The lowest BCUT2D eigenvalue weighted by Gasteiger charge is -2.33. The highest BCUT2D eigenvalue weighted by Crippen LogP contribution is 2.24. The van der Waals surface area contributed by atoms with Gasteiger partial charge < -0.3 is 25.0 Å². The average Bonchev–Trinajstić information content (AvgIpc) is 2.65. The summed E-state index contributed by atoms with van der Waals surface area (Å²) in [5.74, 6) is -0.366. The second kappa shape index (κ2) is 10.3. The fraction of sp³-hybridized carbons (Fsp3) is 0.650. The smallest absolute Gasteiger partial charge is 0.410 e. The molecule has 0 spiro atoms. The molecule has 0 radical (unpaired) electrons. The van der Waals surface area contributed by atoms with E-state index in [2.05, 4.69) is 15.6 Å². The first-order valence-corrected chi connectivity index (χ1v) is 9.76. The van der Waals surface area contributed by atoms with Crippen molar-refractivity contribution in [1.82, 2.24) is 9.88 Å². The topological polar surface area (TPSA) is 92.8 Å². The number of rotatable bonds is 7. The first-order valence-electron chi connectivity index (χ1n) is 9.76. The van der Waals surface area contributed by atoms with E-state index >= 15 is 0 Å². The first-order chi connectivity index (χ1) is 13.3. The van der Waals surface area contributed by atoms with Crippen LogP contribution in [0.4, 0.5) is 16.2 Å². The van der Waals surface area contributed by atoms with Crippen molar-refractivity contribution in [1.29, 1.82) is 0 Å². The molecule has 0 saturated carbocycles. The van der Waals surface area contributed by atoms with Gasteiger partial charge in [-0.05, 0) is 46.1 Å². The maximum atomic E-state index is 12.8. The summed E-state index contributed by atoms with van der Waals surface area (Å²) in [6, 6.07) is 1.77. The highest BCUT2D eigenvalue weighted by molar-refractivity contribution is 5.95. The highest BCUT2D eigenvalue weighted by Gasteiger charge is 2.31. The minimum absolute atomic E-state index is 0.0978. The van der Waals surface area contributed by atoms with Crippen LogP contribution in [0.2, 0.25) is 0 Å². The van der Waals surface area contributed by atoms with Crippen LogP contribution >= 0.6 is 0 Å². The van der Waals surface area contributed by atoms with Crippen molar-refractivity contribution in [2.24, 2.45) is 5.92 Å². The molecule has 0 unspecified atom stereocenters. The van der Waals surface area contributed by atoms with E-state index in [1.807, 2.05) is 20.8 Å². The fourth-order valence-corrected chi connectivity index (χ4v) is 3.00. The van der Waals surface area contributed by atoms with Gasteiger partial charge >= 0.3 is 6.09 Å². The lowest BCUT2D eigenvalue weighted by atomic mass is 9.97. The number of amides is 2. The van der Waals surface area contributed by atoms with Crippen LogP contribution in [0, 0.1) is 5.92 Å². The zero-order valence-corrected chi connectivity index (χ0v) is 17.3. The van der Waals surface area contributed by atoms with E-state index in [9.17, 15) is 9.59 Å². The lowest BCUT2D eigenvalue weighted by Crippen LogP contribution is -2.45. The Bertz CT molecular complexity index is 660. The van der Waals surface area contributed by atoms with E-state index in [0.717, 1.165) is 31.5 Å². The number of carbonyl (C=O) groups excluding carboxylic acids is 2. The largest absolute Gasteiger partial charge is 0.444 e. The number of anilines is 2. The second-order valence-corrected chi connectivity index (χ2v) is 7.95. The van der Waals surface area contributed by atoms with Crippen molar-refractivity contribution in [3.05, 3.63) is 18.5 Å². The minimum atomic E-state index is -0.549. The summed E-state index contributed by atoms with van der Waals surface area (Å²) in [6.07, 6.45) is 5.34. The third-order valence-electron chi connectivity index (χ3n) is 4.36. The van der Waals surface area contributed by atoms with Crippen molar-refractivity contribution < 1.29 is 19.1 Å². The number of aromatic nitrogens is 1. The van der Waals surface area contributed by atoms with E-state index in [0.29, 0.717) is 25.4 Å². The van der Waals surface area contributed by atoms with E-state index in [-0.39, 0.29) is 17.9 Å². The number of pyridine rings is 1.